The summed E-state index contributed by atoms with van der Waals surface area (Å²) in [7, 11) is 0. The molecular formula is C9H6N2O. The maximum Gasteiger partial charge on any atom is 0.0975 e. The van der Waals surface area contributed by atoms with E-state index in [9.17, 15) is 0 Å². The quantitative estimate of drug-likeness (QED) is 0.619. The fraction of sp³-hybridized carbons (Fsp3) is 0.111. The molecule has 3 heteroatoms. The summed E-state index contributed by atoms with van der Waals surface area (Å²) in [5.41, 5.74) is 1.25. The third-order valence-electron chi connectivity index (χ3n) is 1.30. The Hall–Kier alpha value is -2.00. The molecule has 0 fully saturated rings. The van der Waals surface area contributed by atoms with E-state index in [1.54, 1.807) is 12.1 Å². The normalized spacial score (nSPS) is 10.3. The summed E-state index contributed by atoms with van der Waals surface area (Å²) in [5.74, 6) is 0. The van der Waals surface area contributed by atoms with Crippen LogP contribution in [0.5, 0.6) is 0 Å². The van der Waals surface area contributed by atoms with Gasteiger partial charge in [0.25, 0.3) is 0 Å². The first-order valence-electron chi connectivity index (χ1n) is 3.36. The van der Waals surface area contributed by atoms with Gasteiger partial charge in [-0.3, -0.25) is 0 Å². The van der Waals surface area contributed by atoms with E-state index in [1.807, 2.05) is 12.1 Å². The number of nitriles is 2. The molecule has 0 aromatic carbocycles. The van der Waals surface area contributed by atoms with Gasteiger partial charge in [0.05, 0.1) is 31.1 Å². The first kappa shape index (κ1) is 8.10. The Balaban J connectivity index is 2.81. The molecule has 0 aliphatic heterocycles. The summed E-state index contributed by atoms with van der Waals surface area (Å²) in [6.45, 7) is 0. The number of hydrogen-bond acceptors (Lipinski definition) is 3. The van der Waals surface area contributed by atoms with Gasteiger partial charge in [-0.1, -0.05) is 0 Å². The molecule has 0 aliphatic carbocycles. The summed E-state index contributed by atoms with van der Waals surface area (Å²) in [4.78, 5) is 0. The summed E-state index contributed by atoms with van der Waals surface area (Å²) in [5, 5.41) is 16.9. The maximum atomic E-state index is 8.56. The zero-order valence-electron chi connectivity index (χ0n) is 6.32. The summed E-state index contributed by atoms with van der Waals surface area (Å²) < 4.78 is 4.80. The number of nitrogens with zero attached hydrogens (tertiary/aromatic N) is 2. The SMILES string of the molecule is N#CC/C(C#N)=C\c1ccoc1. The van der Waals surface area contributed by atoms with Crippen LogP contribution in [0.15, 0.2) is 28.6 Å². The van der Waals surface area contributed by atoms with Crippen molar-refractivity contribution in [3.8, 4) is 12.1 Å². The smallest absolute Gasteiger partial charge is 0.0975 e. The van der Waals surface area contributed by atoms with Gasteiger partial charge in [0.2, 0.25) is 0 Å². The van der Waals surface area contributed by atoms with Crippen molar-refractivity contribution in [2.45, 2.75) is 6.42 Å². The van der Waals surface area contributed by atoms with Crippen molar-refractivity contribution in [2.75, 3.05) is 0 Å². The Labute approximate surface area is 70.1 Å². The van der Waals surface area contributed by atoms with Crippen LogP contribution in [0.2, 0.25) is 0 Å². The molecule has 0 atom stereocenters. The summed E-state index contributed by atoms with van der Waals surface area (Å²) in [6, 6.07) is 5.58. The highest BCUT2D eigenvalue weighted by Gasteiger charge is 1.95. The van der Waals surface area contributed by atoms with Crippen LogP contribution >= 0.6 is 0 Å². The second kappa shape index (κ2) is 4.00. The van der Waals surface area contributed by atoms with Crippen LogP contribution in [0.25, 0.3) is 6.08 Å². The fourth-order valence-electron chi connectivity index (χ4n) is 0.766. The molecule has 12 heavy (non-hydrogen) atoms. The number of allylic oxidation sites excluding steroid dienone is 1. The molecule has 3 nitrogen and oxygen atoms in total. The number of hydrogen-bond donors (Lipinski definition) is 0. The third kappa shape index (κ3) is 2.00. The predicted molar refractivity (Wildman–Crippen MR) is 42.5 cm³/mol. The molecule has 1 heterocycles. The highest BCUT2D eigenvalue weighted by Crippen LogP contribution is 2.08. The molecule has 0 aliphatic rings. The number of furan rings is 1. The molecule has 1 aromatic rings. The van der Waals surface area contributed by atoms with Gasteiger partial charge < -0.3 is 4.42 Å². The lowest BCUT2D eigenvalue weighted by molar-refractivity contribution is 0.567. The average molecular weight is 158 g/mol. The minimum atomic E-state index is 0.141. The standard InChI is InChI=1S/C9H6N2O/c10-3-1-8(6-11)5-9-2-4-12-7-9/h2,4-5,7H,1H2/b8-5+. The monoisotopic (exact) mass is 158 g/mol. The summed E-state index contributed by atoms with van der Waals surface area (Å²) >= 11 is 0. The van der Waals surface area contributed by atoms with Crippen LogP contribution in [0, 0.1) is 22.7 Å². The topological polar surface area (TPSA) is 60.7 Å². The Morgan fingerprint density at radius 3 is 2.92 bits per heavy atom. The first-order valence-corrected chi connectivity index (χ1v) is 3.36. The van der Waals surface area contributed by atoms with E-state index < -0.39 is 0 Å². The molecule has 0 unspecified atom stereocenters. The van der Waals surface area contributed by atoms with Gasteiger partial charge in [0.1, 0.15) is 0 Å². The van der Waals surface area contributed by atoms with Gasteiger partial charge in [-0.05, 0) is 12.1 Å². The van der Waals surface area contributed by atoms with Gasteiger partial charge in [0, 0.05) is 11.1 Å². The van der Waals surface area contributed by atoms with Crippen molar-refractivity contribution >= 4 is 6.08 Å². The van der Waals surface area contributed by atoms with Gasteiger partial charge in [0.15, 0.2) is 0 Å². The average Bonchev–Trinajstić information content (AvgIpc) is 2.56. The lowest BCUT2D eigenvalue weighted by Crippen LogP contribution is -1.75. The van der Waals surface area contributed by atoms with Gasteiger partial charge in [-0.25, -0.2) is 0 Å². The molecule has 0 saturated heterocycles. The number of rotatable bonds is 2. The molecule has 58 valence electrons. The van der Waals surface area contributed by atoms with Crippen LogP contribution < -0.4 is 0 Å². The van der Waals surface area contributed by atoms with E-state index in [2.05, 4.69) is 0 Å². The van der Waals surface area contributed by atoms with E-state index in [0.717, 1.165) is 5.56 Å². The lowest BCUT2D eigenvalue weighted by Gasteiger charge is -1.85. The molecule has 1 aromatic heterocycles. The third-order valence-corrected chi connectivity index (χ3v) is 1.30. The second-order valence-corrected chi connectivity index (χ2v) is 2.17. The van der Waals surface area contributed by atoms with E-state index >= 15 is 0 Å². The first-order chi connectivity index (χ1) is 5.86. The van der Waals surface area contributed by atoms with Crippen LogP contribution in [0.1, 0.15) is 12.0 Å². The van der Waals surface area contributed by atoms with E-state index in [-0.39, 0.29) is 6.42 Å². The van der Waals surface area contributed by atoms with Crippen molar-refractivity contribution in [3.63, 3.8) is 0 Å². The second-order valence-electron chi connectivity index (χ2n) is 2.17. The largest absolute Gasteiger partial charge is 0.472 e. The van der Waals surface area contributed by atoms with Crippen LogP contribution in [-0.4, -0.2) is 0 Å². The van der Waals surface area contributed by atoms with Crippen LogP contribution in [-0.2, 0) is 0 Å². The Bertz CT molecular complexity index is 349. The van der Waals surface area contributed by atoms with Gasteiger partial charge in [-0.2, -0.15) is 10.5 Å². The molecule has 0 radical (unpaired) electrons. The Morgan fingerprint density at radius 2 is 2.42 bits per heavy atom. The van der Waals surface area contributed by atoms with Gasteiger partial charge in [-0.15, -0.1) is 0 Å². The van der Waals surface area contributed by atoms with Crippen molar-refractivity contribution in [1.82, 2.24) is 0 Å². The maximum absolute atomic E-state index is 8.56. The van der Waals surface area contributed by atoms with E-state index in [1.165, 1.54) is 12.5 Å². The predicted octanol–water partition coefficient (Wildman–Crippen LogP) is 2.10. The lowest BCUT2D eigenvalue weighted by atomic mass is 10.1. The molecule has 0 amide bonds. The minimum Gasteiger partial charge on any atom is -0.472 e. The Kier molecular flexibility index (Phi) is 2.70. The minimum absolute atomic E-state index is 0.141. The molecule has 0 bridgehead atoms. The van der Waals surface area contributed by atoms with Crippen LogP contribution in [0.3, 0.4) is 0 Å². The fourth-order valence-corrected chi connectivity index (χ4v) is 0.766. The zero-order valence-corrected chi connectivity index (χ0v) is 6.32. The summed E-state index contributed by atoms with van der Waals surface area (Å²) in [6.07, 6.45) is 4.82. The van der Waals surface area contributed by atoms with Crippen molar-refractivity contribution in [3.05, 3.63) is 29.7 Å². The highest BCUT2D eigenvalue weighted by molar-refractivity contribution is 5.56. The molecule has 0 saturated carbocycles. The highest BCUT2D eigenvalue weighted by atomic mass is 16.3. The van der Waals surface area contributed by atoms with E-state index in [4.69, 9.17) is 14.9 Å². The van der Waals surface area contributed by atoms with Crippen molar-refractivity contribution in [1.29, 1.82) is 10.5 Å². The van der Waals surface area contributed by atoms with Crippen molar-refractivity contribution < 1.29 is 4.42 Å². The molecule has 1 rings (SSSR count). The van der Waals surface area contributed by atoms with Crippen molar-refractivity contribution in [2.24, 2.45) is 0 Å². The van der Waals surface area contributed by atoms with Gasteiger partial charge >= 0.3 is 0 Å². The van der Waals surface area contributed by atoms with E-state index in [0.29, 0.717) is 5.57 Å². The Morgan fingerprint density at radius 1 is 1.58 bits per heavy atom. The molecule has 0 spiro atoms. The molecular weight excluding hydrogens is 152 g/mol. The zero-order chi connectivity index (χ0) is 8.81. The molecule has 0 N–H and O–H groups in total. The van der Waals surface area contributed by atoms with Crippen LogP contribution in [0.4, 0.5) is 0 Å².